The fourth-order valence-electron chi connectivity index (χ4n) is 4.21. The van der Waals surface area contributed by atoms with Gasteiger partial charge in [0.1, 0.15) is 23.5 Å². The maximum atomic E-state index is 13.1. The van der Waals surface area contributed by atoms with Crippen LogP contribution in [0.5, 0.6) is 5.75 Å². The van der Waals surface area contributed by atoms with Crippen molar-refractivity contribution in [2.75, 3.05) is 13.2 Å². The lowest BCUT2D eigenvalue weighted by molar-refractivity contribution is -0.125. The molecule has 1 aliphatic heterocycles. The van der Waals surface area contributed by atoms with E-state index in [4.69, 9.17) is 4.74 Å². The summed E-state index contributed by atoms with van der Waals surface area (Å²) in [6.45, 7) is 7.19. The molecule has 3 rings (SSSR count). The SMILES string of the molecule is CCCCOc1cccc2[nH]c(C(=O)N[C@@H](CC(C)C)C(=O)N[C@H](C#N)C[C@@H]3CCNC3=O)cc12. The lowest BCUT2D eigenvalue weighted by atomic mass is 9.98. The number of hydrogen-bond donors (Lipinski definition) is 4. The smallest absolute Gasteiger partial charge is 0.268 e. The number of fused-ring (bicyclic) bond motifs is 1. The van der Waals surface area contributed by atoms with Gasteiger partial charge < -0.3 is 25.7 Å². The lowest BCUT2D eigenvalue weighted by Gasteiger charge is -2.22. The molecule has 9 heteroatoms. The average molecular weight is 482 g/mol. The zero-order valence-electron chi connectivity index (χ0n) is 20.6. The molecule has 188 valence electrons. The third-order valence-electron chi connectivity index (χ3n) is 6.11. The van der Waals surface area contributed by atoms with Crippen LogP contribution in [-0.2, 0) is 9.59 Å². The van der Waals surface area contributed by atoms with Crippen molar-refractivity contribution in [2.24, 2.45) is 11.8 Å². The maximum absolute atomic E-state index is 13.1. The van der Waals surface area contributed by atoms with Crippen molar-refractivity contribution >= 4 is 28.6 Å². The van der Waals surface area contributed by atoms with E-state index in [1.54, 1.807) is 6.07 Å². The molecule has 3 amide bonds. The van der Waals surface area contributed by atoms with Gasteiger partial charge in [0.05, 0.1) is 12.7 Å². The maximum Gasteiger partial charge on any atom is 0.268 e. The Bertz CT molecular complexity index is 1090. The number of hydrogen-bond acceptors (Lipinski definition) is 5. The van der Waals surface area contributed by atoms with Crippen LogP contribution in [0.25, 0.3) is 10.9 Å². The second-order valence-electron chi connectivity index (χ2n) is 9.46. The molecule has 0 radical (unpaired) electrons. The zero-order valence-corrected chi connectivity index (χ0v) is 20.6. The average Bonchev–Trinajstić information content (AvgIpc) is 3.44. The second kappa shape index (κ2) is 12.2. The summed E-state index contributed by atoms with van der Waals surface area (Å²) in [6.07, 6.45) is 3.26. The molecule has 0 saturated carbocycles. The van der Waals surface area contributed by atoms with Crippen LogP contribution in [0.4, 0.5) is 0 Å². The lowest BCUT2D eigenvalue weighted by Crippen LogP contribution is -2.50. The van der Waals surface area contributed by atoms with Gasteiger partial charge in [0, 0.05) is 23.4 Å². The molecule has 0 bridgehead atoms. The van der Waals surface area contributed by atoms with Gasteiger partial charge >= 0.3 is 0 Å². The first-order valence-electron chi connectivity index (χ1n) is 12.4. The number of rotatable bonds is 12. The molecular formula is C26H35N5O4. The van der Waals surface area contributed by atoms with E-state index < -0.39 is 23.9 Å². The van der Waals surface area contributed by atoms with Crippen LogP contribution >= 0.6 is 0 Å². The molecule has 1 aliphatic rings. The molecule has 0 unspecified atom stereocenters. The monoisotopic (exact) mass is 481 g/mol. The topological polar surface area (TPSA) is 136 Å². The number of aromatic nitrogens is 1. The first-order chi connectivity index (χ1) is 16.8. The summed E-state index contributed by atoms with van der Waals surface area (Å²) in [6, 6.07) is 7.78. The fourth-order valence-corrected chi connectivity index (χ4v) is 4.21. The van der Waals surface area contributed by atoms with Gasteiger partial charge in [-0.05, 0) is 49.8 Å². The highest BCUT2D eigenvalue weighted by Crippen LogP contribution is 2.27. The van der Waals surface area contributed by atoms with E-state index in [1.807, 2.05) is 32.0 Å². The van der Waals surface area contributed by atoms with E-state index in [9.17, 15) is 19.6 Å². The standard InChI is InChI=1S/C26H35N5O4/c1-4-5-11-35-23-8-6-7-20-19(23)14-22(30-20)26(34)31-21(12-16(2)3)25(33)29-18(15-27)13-17-9-10-28-24(17)32/h6-8,14,16-18,21,30H,4-5,9-13H2,1-3H3,(H,28,32)(H,29,33)(H,31,34)/t17-,18-,21-/m0/s1. The van der Waals surface area contributed by atoms with E-state index in [2.05, 4.69) is 33.9 Å². The molecule has 2 heterocycles. The summed E-state index contributed by atoms with van der Waals surface area (Å²) >= 11 is 0. The van der Waals surface area contributed by atoms with E-state index in [1.165, 1.54) is 0 Å². The van der Waals surface area contributed by atoms with Crippen molar-refractivity contribution in [2.45, 2.75) is 65.0 Å². The first kappa shape index (κ1) is 26.1. The van der Waals surface area contributed by atoms with Gasteiger partial charge in [-0.25, -0.2) is 0 Å². The number of amides is 3. The van der Waals surface area contributed by atoms with Gasteiger partial charge in [0.2, 0.25) is 11.8 Å². The Hall–Kier alpha value is -3.54. The van der Waals surface area contributed by atoms with E-state index in [-0.39, 0.29) is 24.2 Å². The highest BCUT2D eigenvalue weighted by Gasteiger charge is 2.30. The number of nitriles is 1. The third-order valence-corrected chi connectivity index (χ3v) is 6.11. The number of carbonyl (C=O) groups excluding carboxylic acids is 3. The van der Waals surface area contributed by atoms with Gasteiger partial charge in [-0.15, -0.1) is 0 Å². The fraction of sp³-hybridized carbons (Fsp3) is 0.538. The molecular weight excluding hydrogens is 446 g/mol. The van der Waals surface area contributed by atoms with E-state index >= 15 is 0 Å². The zero-order chi connectivity index (χ0) is 25.4. The molecule has 1 aromatic carbocycles. The minimum absolute atomic E-state index is 0.0941. The third kappa shape index (κ3) is 6.98. The number of unbranched alkanes of at least 4 members (excludes halogenated alkanes) is 1. The number of ether oxygens (including phenoxy) is 1. The van der Waals surface area contributed by atoms with Crippen LogP contribution < -0.4 is 20.7 Å². The summed E-state index contributed by atoms with van der Waals surface area (Å²) in [4.78, 5) is 41.1. The normalized spacial score (nSPS) is 17.0. The van der Waals surface area contributed by atoms with Crippen LogP contribution in [0.3, 0.4) is 0 Å². The van der Waals surface area contributed by atoms with Crippen molar-refractivity contribution in [3.05, 3.63) is 30.0 Å². The molecule has 9 nitrogen and oxygen atoms in total. The summed E-state index contributed by atoms with van der Waals surface area (Å²) in [5.74, 6) is -0.396. The molecule has 35 heavy (non-hydrogen) atoms. The van der Waals surface area contributed by atoms with Crippen LogP contribution in [-0.4, -0.2) is 47.9 Å². The van der Waals surface area contributed by atoms with Crippen molar-refractivity contribution in [1.82, 2.24) is 20.9 Å². The van der Waals surface area contributed by atoms with Crippen molar-refractivity contribution in [3.63, 3.8) is 0 Å². The molecule has 0 aliphatic carbocycles. The van der Waals surface area contributed by atoms with Gasteiger partial charge in [0.25, 0.3) is 5.91 Å². The van der Waals surface area contributed by atoms with Gasteiger partial charge in [-0.3, -0.25) is 14.4 Å². The summed E-state index contributed by atoms with van der Waals surface area (Å²) in [5, 5.41) is 18.6. The van der Waals surface area contributed by atoms with Crippen LogP contribution in [0.1, 0.15) is 63.4 Å². The van der Waals surface area contributed by atoms with Gasteiger partial charge in [-0.2, -0.15) is 5.26 Å². The highest BCUT2D eigenvalue weighted by atomic mass is 16.5. The Morgan fingerprint density at radius 1 is 1.29 bits per heavy atom. The highest BCUT2D eigenvalue weighted by molar-refractivity contribution is 6.01. The summed E-state index contributed by atoms with van der Waals surface area (Å²) in [5.41, 5.74) is 1.10. The van der Waals surface area contributed by atoms with E-state index in [0.717, 1.165) is 23.7 Å². The van der Waals surface area contributed by atoms with Crippen LogP contribution in [0.15, 0.2) is 24.3 Å². The molecule has 0 spiro atoms. The summed E-state index contributed by atoms with van der Waals surface area (Å²) < 4.78 is 5.87. The van der Waals surface area contributed by atoms with E-state index in [0.29, 0.717) is 37.4 Å². The first-order valence-corrected chi connectivity index (χ1v) is 12.4. The van der Waals surface area contributed by atoms with Gasteiger partial charge in [0.15, 0.2) is 0 Å². The Kier molecular flexibility index (Phi) is 9.12. The van der Waals surface area contributed by atoms with Crippen molar-refractivity contribution in [3.8, 4) is 11.8 Å². The predicted molar refractivity (Wildman–Crippen MR) is 133 cm³/mol. The molecule has 1 fully saturated rings. The summed E-state index contributed by atoms with van der Waals surface area (Å²) in [7, 11) is 0. The molecule has 1 saturated heterocycles. The number of nitrogens with zero attached hydrogens (tertiary/aromatic N) is 1. The molecule has 3 atom stereocenters. The van der Waals surface area contributed by atoms with Crippen LogP contribution in [0, 0.1) is 23.2 Å². The Labute approximate surface area is 206 Å². The number of nitrogens with one attached hydrogen (secondary N) is 4. The Morgan fingerprint density at radius 3 is 2.74 bits per heavy atom. The number of benzene rings is 1. The Morgan fingerprint density at radius 2 is 2.09 bits per heavy atom. The van der Waals surface area contributed by atoms with Crippen molar-refractivity contribution in [1.29, 1.82) is 5.26 Å². The predicted octanol–water partition coefficient (Wildman–Crippen LogP) is 3.03. The Balaban J connectivity index is 1.70. The van der Waals surface area contributed by atoms with Crippen molar-refractivity contribution < 1.29 is 19.1 Å². The number of H-pyrrole nitrogens is 1. The largest absolute Gasteiger partial charge is 0.493 e. The second-order valence-corrected chi connectivity index (χ2v) is 9.46. The minimum atomic E-state index is -0.817. The van der Waals surface area contributed by atoms with Crippen LogP contribution in [0.2, 0.25) is 0 Å². The minimum Gasteiger partial charge on any atom is -0.493 e. The number of aromatic amines is 1. The molecule has 1 aromatic heterocycles. The van der Waals surface area contributed by atoms with Gasteiger partial charge in [-0.1, -0.05) is 33.3 Å². The molecule has 4 N–H and O–H groups in total. The number of carbonyl (C=O) groups is 3. The quantitative estimate of drug-likeness (QED) is 0.346. The molecule has 2 aromatic rings.